The Bertz CT molecular complexity index is 702. The number of aromatic carboxylic acids is 1. The van der Waals surface area contributed by atoms with Crippen molar-refractivity contribution in [3.63, 3.8) is 0 Å². The molecule has 0 saturated carbocycles. The minimum atomic E-state index is -1.17. The lowest BCUT2D eigenvalue weighted by Gasteiger charge is -2.05. The molecule has 0 atom stereocenters. The molecule has 2 aromatic rings. The first-order valence-corrected chi connectivity index (χ1v) is 5.61. The van der Waals surface area contributed by atoms with E-state index in [0.29, 0.717) is 16.8 Å². The topological polar surface area (TPSA) is 103 Å². The van der Waals surface area contributed by atoms with Crippen molar-refractivity contribution >= 4 is 17.6 Å². The van der Waals surface area contributed by atoms with Crippen molar-refractivity contribution in [2.24, 2.45) is 0 Å². The molecule has 0 saturated heterocycles. The number of carboxylic acids is 1. The summed E-state index contributed by atoms with van der Waals surface area (Å²) >= 11 is 0. The molecule has 0 aliphatic heterocycles. The summed E-state index contributed by atoms with van der Waals surface area (Å²) in [4.78, 5) is 26.4. The number of carbonyl (C=O) groups is 2. The van der Waals surface area contributed by atoms with Gasteiger partial charge in [-0.3, -0.25) is 4.79 Å². The lowest BCUT2D eigenvalue weighted by atomic mass is 10.1. The highest BCUT2D eigenvalue weighted by atomic mass is 16.4. The maximum absolute atomic E-state index is 11.9. The summed E-state index contributed by atoms with van der Waals surface area (Å²) in [7, 11) is 0. The fourth-order valence-corrected chi connectivity index (χ4v) is 1.52. The fourth-order valence-electron chi connectivity index (χ4n) is 1.52. The normalized spacial score (nSPS) is 9.55. The van der Waals surface area contributed by atoms with Crippen LogP contribution in [0.25, 0.3) is 0 Å². The highest BCUT2D eigenvalue weighted by molar-refractivity contribution is 6.04. The van der Waals surface area contributed by atoms with Gasteiger partial charge in [0.15, 0.2) is 0 Å². The van der Waals surface area contributed by atoms with E-state index in [4.69, 9.17) is 10.4 Å². The number of rotatable bonds is 3. The van der Waals surface area contributed by atoms with E-state index in [1.807, 2.05) is 6.07 Å². The number of amides is 1. The van der Waals surface area contributed by atoms with Crippen LogP contribution in [0.1, 0.15) is 26.4 Å². The number of nitrogens with one attached hydrogen (secondary N) is 1. The number of carbonyl (C=O) groups excluding carboxylic acids is 1. The van der Waals surface area contributed by atoms with Gasteiger partial charge in [-0.15, -0.1) is 0 Å². The van der Waals surface area contributed by atoms with Gasteiger partial charge in [0.2, 0.25) is 0 Å². The van der Waals surface area contributed by atoms with Crippen molar-refractivity contribution in [1.29, 1.82) is 5.26 Å². The summed E-state index contributed by atoms with van der Waals surface area (Å²) in [6.45, 7) is 0. The number of anilines is 1. The van der Waals surface area contributed by atoms with Gasteiger partial charge >= 0.3 is 5.97 Å². The molecule has 1 amide bonds. The molecular formula is C14H9N3O3. The third-order valence-corrected chi connectivity index (χ3v) is 2.51. The van der Waals surface area contributed by atoms with Crippen LogP contribution in [0.15, 0.2) is 42.6 Å². The molecule has 1 aromatic heterocycles. The number of carboxylic acid groups (broad SMARTS) is 1. The van der Waals surface area contributed by atoms with Crippen LogP contribution < -0.4 is 5.32 Å². The Balaban J connectivity index is 2.17. The lowest BCUT2D eigenvalue weighted by Crippen LogP contribution is -2.12. The Morgan fingerprint density at radius 3 is 2.50 bits per heavy atom. The summed E-state index contributed by atoms with van der Waals surface area (Å²) in [6, 6.07) is 10.8. The number of nitrogens with zero attached hydrogens (tertiary/aromatic N) is 2. The van der Waals surface area contributed by atoms with Crippen LogP contribution in [-0.4, -0.2) is 22.0 Å². The van der Waals surface area contributed by atoms with Crippen molar-refractivity contribution in [2.75, 3.05) is 5.32 Å². The van der Waals surface area contributed by atoms with Crippen molar-refractivity contribution in [3.8, 4) is 6.07 Å². The number of benzene rings is 1. The van der Waals surface area contributed by atoms with Crippen LogP contribution >= 0.6 is 0 Å². The number of aromatic nitrogens is 1. The van der Waals surface area contributed by atoms with Gasteiger partial charge in [-0.25, -0.2) is 9.78 Å². The molecule has 0 spiro atoms. The first-order chi connectivity index (χ1) is 9.60. The predicted molar refractivity (Wildman–Crippen MR) is 70.3 cm³/mol. The Kier molecular flexibility index (Phi) is 3.72. The summed E-state index contributed by atoms with van der Waals surface area (Å²) in [5.41, 5.74) is 1.02. The highest BCUT2D eigenvalue weighted by Crippen LogP contribution is 2.11. The van der Waals surface area contributed by atoms with Gasteiger partial charge in [0.05, 0.1) is 11.6 Å². The second-order valence-corrected chi connectivity index (χ2v) is 3.88. The van der Waals surface area contributed by atoms with Gasteiger partial charge in [0.1, 0.15) is 5.69 Å². The first kappa shape index (κ1) is 13.2. The van der Waals surface area contributed by atoms with Gasteiger partial charge in [0, 0.05) is 17.4 Å². The van der Waals surface area contributed by atoms with E-state index in [2.05, 4.69) is 10.3 Å². The molecule has 2 rings (SSSR count). The van der Waals surface area contributed by atoms with Crippen LogP contribution in [0.5, 0.6) is 0 Å². The average Bonchev–Trinajstić information content (AvgIpc) is 2.47. The van der Waals surface area contributed by atoms with Crippen LogP contribution in [0.2, 0.25) is 0 Å². The largest absolute Gasteiger partial charge is 0.477 e. The summed E-state index contributed by atoms with van der Waals surface area (Å²) < 4.78 is 0. The van der Waals surface area contributed by atoms with Gasteiger partial charge in [0.25, 0.3) is 5.91 Å². The monoisotopic (exact) mass is 267 g/mol. The predicted octanol–water partition coefficient (Wildman–Crippen LogP) is 1.90. The summed E-state index contributed by atoms with van der Waals surface area (Å²) in [6.07, 6.45) is 1.30. The summed E-state index contributed by atoms with van der Waals surface area (Å²) in [5.74, 6) is -1.56. The van der Waals surface area contributed by atoms with Crippen molar-refractivity contribution in [2.45, 2.75) is 0 Å². The van der Waals surface area contributed by atoms with Gasteiger partial charge in [-0.05, 0) is 36.4 Å². The Morgan fingerprint density at radius 1 is 1.20 bits per heavy atom. The maximum Gasteiger partial charge on any atom is 0.354 e. The molecule has 0 fully saturated rings. The zero-order valence-electron chi connectivity index (χ0n) is 10.2. The number of hydrogen-bond acceptors (Lipinski definition) is 4. The molecule has 20 heavy (non-hydrogen) atoms. The SMILES string of the molecule is N#Cc1ccc(C(=O)Nc2ccnc(C(=O)O)c2)cc1. The molecule has 6 heteroatoms. The quantitative estimate of drug-likeness (QED) is 0.884. The molecule has 0 bridgehead atoms. The molecular weight excluding hydrogens is 258 g/mol. The van der Waals surface area contributed by atoms with Crippen molar-refractivity contribution in [1.82, 2.24) is 4.98 Å². The van der Waals surface area contributed by atoms with E-state index in [1.54, 1.807) is 0 Å². The zero-order chi connectivity index (χ0) is 14.5. The minimum absolute atomic E-state index is 0.150. The van der Waals surface area contributed by atoms with Crippen LogP contribution in [-0.2, 0) is 0 Å². The molecule has 2 N–H and O–H groups in total. The molecule has 0 aliphatic carbocycles. The number of nitriles is 1. The fraction of sp³-hybridized carbons (Fsp3) is 0. The second kappa shape index (κ2) is 5.63. The van der Waals surface area contributed by atoms with Crippen molar-refractivity contribution in [3.05, 3.63) is 59.4 Å². The van der Waals surface area contributed by atoms with E-state index in [0.717, 1.165) is 0 Å². The second-order valence-electron chi connectivity index (χ2n) is 3.88. The van der Waals surface area contributed by atoms with Crippen LogP contribution in [0, 0.1) is 11.3 Å². The Labute approximate surface area is 114 Å². The first-order valence-electron chi connectivity index (χ1n) is 5.61. The smallest absolute Gasteiger partial charge is 0.354 e. The van der Waals surface area contributed by atoms with Gasteiger partial charge < -0.3 is 10.4 Å². The van der Waals surface area contributed by atoms with E-state index < -0.39 is 11.9 Å². The standard InChI is InChI=1S/C14H9N3O3/c15-8-9-1-3-10(4-2-9)13(18)17-11-5-6-16-12(7-11)14(19)20/h1-7H,(H,19,20)(H,16,17,18). The zero-order valence-corrected chi connectivity index (χ0v) is 10.2. The van der Waals surface area contributed by atoms with Gasteiger partial charge in [-0.1, -0.05) is 0 Å². The Morgan fingerprint density at radius 2 is 1.90 bits per heavy atom. The minimum Gasteiger partial charge on any atom is -0.477 e. The molecule has 1 heterocycles. The highest BCUT2D eigenvalue weighted by Gasteiger charge is 2.09. The van der Waals surface area contributed by atoms with E-state index >= 15 is 0 Å². The van der Waals surface area contributed by atoms with Crippen LogP contribution in [0.4, 0.5) is 5.69 Å². The van der Waals surface area contributed by atoms with Crippen molar-refractivity contribution < 1.29 is 14.7 Å². The molecule has 0 aliphatic rings. The van der Waals surface area contributed by atoms with Gasteiger partial charge in [-0.2, -0.15) is 5.26 Å². The number of hydrogen-bond donors (Lipinski definition) is 2. The lowest BCUT2D eigenvalue weighted by molar-refractivity contribution is 0.0690. The third-order valence-electron chi connectivity index (χ3n) is 2.51. The molecule has 98 valence electrons. The summed E-state index contributed by atoms with van der Waals surface area (Å²) in [5, 5.41) is 20.0. The van der Waals surface area contributed by atoms with Crippen LogP contribution in [0.3, 0.4) is 0 Å². The van der Waals surface area contributed by atoms with E-state index in [1.165, 1.54) is 42.6 Å². The number of pyridine rings is 1. The molecule has 0 unspecified atom stereocenters. The maximum atomic E-state index is 11.9. The average molecular weight is 267 g/mol. The molecule has 6 nitrogen and oxygen atoms in total. The van der Waals surface area contributed by atoms with E-state index in [-0.39, 0.29) is 5.69 Å². The third kappa shape index (κ3) is 2.97. The Hall–Kier alpha value is -3.20. The van der Waals surface area contributed by atoms with E-state index in [9.17, 15) is 9.59 Å². The molecule has 0 radical (unpaired) electrons. The molecule has 1 aromatic carbocycles.